The predicted molar refractivity (Wildman–Crippen MR) is 74.0 cm³/mol. The lowest BCUT2D eigenvalue weighted by Crippen LogP contribution is -2.04. The summed E-state index contributed by atoms with van der Waals surface area (Å²) in [6.07, 6.45) is 5.39. The molecule has 1 rings (SSSR count). The van der Waals surface area contributed by atoms with Crippen LogP contribution in [0.1, 0.15) is 30.5 Å². The van der Waals surface area contributed by atoms with Gasteiger partial charge in [-0.2, -0.15) is 0 Å². The van der Waals surface area contributed by atoms with Gasteiger partial charge in [-0.05, 0) is 18.6 Å². The molecule has 1 unspecified atom stereocenters. The first kappa shape index (κ1) is 14.2. The fourth-order valence-corrected chi connectivity index (χ4v) is 1.63. The molecule has 1 atom stereocenters. The first-order valence-corrected chi connectivity index (χ1v) is 5.81. The van der Waals surface area contributed by atoms with E-state index in [0.717, 1.165) is 17.1 Å². The second-order valence-electron chi connectivity index (χ2n) is 4.06. The highest BCUT2D eigenvalue weighted by molar-refractivity contribution is 5.91. The molecule has 0 N–H and O–H groups in total. The number of rotatable bonds is 4. The van der Waals surface area contributed by atoms with E-state index in [1.807, 2.05) is 13.8 Å². The number of nitrogens with zero attached hydrogens (tertiary/aromatic N) is 3. The van der Waals surface area contributed by atoms with Crippen molar-refractivity contribution in [1.29, 1.82) is 0 Å². The lowest BCUT2D eigenvalue weighted by molar-refractivity contribution is 0.617. The van der Waals surface area contributed by atoms with Crippen molar-refractivity contribution >= 4 is 12.1 Å². The number of halogens is 1. The average Bonchev–Trinajstić information content (AvgIpc) is 2.34. The molecule has 1 aromatic rings. The Kier molecular flexibility index (Phi) is 5.36. The van der Waals surface area contributed by atoms with Gasteiger partial charge in [0.15, 0.2) is 0 Å². The van der Waals surface area contributed by atoms with E-state index in [0.29, 0.717) is 6.42 Å². The maximum Gasteiger partial charge on any atom is 0.141 e. The molecule has 0 aliphatic rings. The molecule has 1 aromatic heterocycles. The standard InChI is InChI=1S/C14H18FN3/c1-5-6-13(16-4)17-8-11(3)14-10(2)7-12(15)9-18-14/h5,7-9,11H,1,6H2,2-4H3. The summed E-state index contributed by atoms with van der Waals surface area (Å²) in [5.74, 6) is 0.423. The van der Waals surface area contributed by atoms with Gasteiger partial charge in [-0.1, -0.05) is 13.0 Å². The van der Waals surface area contributed by atoms with Gasteiger partial charge in [-0.3, -0.25) is 9.98 Å². The van der Waals surface area contributed by atoms with Crippen LogP contribution < -0.4 is 0 Å². The Labute approximate surface area is 107 Å². The number of aryl methyl sites for hydroxylation is 1. The van der Waals surface area contributed by atoms with Crippen molar-refractivity contribution in [2.24, 2.45) is 9.98 Å². The van der Waals surface area contributed by atoms with Gasteiger partial charge >= 0.3 is 0 Å². The smallest absolute Gasteiger partial charge is 0.141 e. The van der Waals surface area contributed by atoms with Crippen LogP contribution in [0.25, 0.3) is 0 Å². The Bertz CT molecular complexity index is 478. The maximum absolute atomic E-state index is 13.0. The van der Waals surface area contributed by atoms with Gasteiger partial charge in [0.05, 0.1) is 11.9 Å². The second-order valence-corrected chi connectivity index (χ2v) is 4.06. The predicted octanol–water partition coefficient (Wildman–Crippen LogP) is 3.31. The molecule has 1 heterocycles. The lowest BCUT2D eigenvalue weighted by Gasteiger charge is -2.08. The first-order valence-electron chi connectivity index (χ1n) is 5.81. The Balaban J connectivity index is 2.84. The molecule has 3 nitrogen and oxygen atoms in total. The van der Waals surface area contributed by atoms with Gasteiger partial charge in [0.1, 0.15) is 11.7 Å². The summed E-state index contributed by atoms with van der Waals surface area (Å²) in [7, 11) is 1.70. The van der Waals surface area contributed by atoms with Crippen LogP contribution in [0, 0.1) is 12.7 Å². The minimum Gasteiger partial charge on any atom is -0.274 e. The van der Waals surface area contributed by atoms with Crippen LogP contribution in [0.15, 0.2) is 34.9 Å². The normalized spacial score (nSPS) is 13.9. The van der Waals surface area contributed by atoms with Crippen LogP contribution >= 0.6 is 0 Å². The number of hydrogen-bond donors (Lipinski definition) is 0. The molecule has 18 heavy (non-hydrogen) atoms. The molecule has 0 aliphatic heterocycles. The van der Waals surface area contributed by atoms with Crippen molar-refractivity contribution in [3.05, 3.63) is 42.0 Å². The summed E-state index contributed by atoms with van der Waals surface area (Å²) in [5, 5.41) is 0. The molecule has 4 heteroatoms. The highest BCUT2D eigenvalue weighted by atomic mass is 19.1. The maximum atomic E-state index is 13.0. The van der Waals surface area contributed by atoms with E-state index in [-0.39, 0.29) is 11.7 Å². The fourth-order valence-electron chi connectivity index (χ4n) is 1.63. The molecular formula is C14H18FN3. The van der Waals surface area contributed by atoms with Crippen molar-refractivity contribution in [3.8, 4) is 0 Å². The summed E-state index contributed by atoms with van der Waals surface area (Å²) in [4.78, 5) is 12.4. The van der Waals surface area contributed by atoms with Crippen molar-refractivity contribution in [3.63, 3.8) is 0 Å². The quantitative estimate of drug-likeness (QED) is 0.457. The molecule has 0 saturated carbocycles. The first-order chi connectivity index (χ1) is 8.58. The van der Waals surface area contributed by atoms with E-state index in [1.165, 1.54) is 12.3 Å². The van der Waals surface area contributed by atoms with E-state index >= 15 is 0 Å². The van der Waals surface area contributed by atoms with Crippen LogP contribution in [0.4, 0.5) is 4.39 Å². The minimum atomic E-state index is -0.317. The minimum absolute atomic E-state index is 0.0205. The Morgan fingerprint density at radius 2 is 2.33 bits per heavy atom. The van der Waals surface area contributed by atoms with E-state index in [4.69, 9.17) is 0 Å². The van der Waals surface area contributed by atoms with Crippen LogP contribution in [0.2, 0.25) is 0 Å². The molecule has 96 valence electrons. The summed E-state index contributed by atoms with van der Waals surface area (Å²) < 4.78 is 13.0. The molecule has 0 radical (unpaired) electrons. The van der Waals surface area contributed by atoms with E-state index in [9.17, 15) is 4.39 Å². The third-order valence-corrected chi connectivity index (χ3v) is 2.55. The fraction of sp³-hybridized carbons (Fsp3) is 0.357. The average molecular weight is 247 g/mol. The molecular weight excluding hydrogens is 229 g/mol. The Morgan fingerprint density at radius 3 is 2.89 bits per heavy atom. The number of aromatic nitrogens is 1. The highest BCUT2D eigenvalue weighted by Crippen LogP contribution is 2.16. The second kappa shape index (κ2) is 6.79. The molecule has 0 bridgehead atoms. The van der Waals surface area contributed by atoms with Gasteiger partial charge in [-0.15, -0.1) is 6.58 Å². The van der Waals surface area contributed by atoms with Crippen LogP contribution in [0.5, 0.6) is 0 Å². The van der Waals surface area contributed by atoms with Crippen LogP contribution in [-0.2, 0) is 0 Å². The van der Waals surface area contributed by atoms with Crippen molar-refractivity contribution < 1.29 is 4.39 Å². The summed E-state index contributed by atoms with van der Waals surface area (Å²) in [6.45, 7) is 7.46. The summed E-state index contributed by atoms with van der Waals surface area (Å²) in [6, 6.07) is 1.48. The zero-order chi connectivity index (χ0) is 13.5. The van der Waals surface area contributed by atoms with Gasteiger partial charge < -0.3 is 0 Å². The largest absolute Gasteiger partial charge is 0.274 e. The number of pyridine rings is 1. The van der Waals surface area contributed by atoms with Crippen LogP contribution in [0.3, 0.4) is 0 Å². The lowest BCUT2D eigenvalue weighted by atomic mass is 10.0. The van der Waals surface area contributed by atoms with Crippen molar-refractivity contribution in [2.45, 2.75) is 26.2 Å². The van der Waals surface area contributed by atoms with Gasteiger partial charge in [0, 0.05) is 25.6 Å². The SMILES string of the molecule is C=CCC(N=CC(C)c1ncc(F)cc1C)=NC. The molecule has 0 aromatic carbocycles. The van der Waals surface area contributed by atoms with E-state index in [1.54, 1.807) is 19.3 Å². The topological polar surface area (TPSA) is 37.6 Å². The number of amidine groups is 1. The van der Waals surface area contributed by atoms with Crippen LogP contribution in [-0.4, -0.2) is 24.1 Å². The monoisotopic (exact) mass is 247 g/mol. The number of aliphatic imine (C=N–C) groups is 2. The Morgan fingerprint density at radius 1 is 1.61 bits per heavy atom. The molecule has 0 saturated heterocycles. The summed E-state index contributed by atoms with van der Waals surface area (Å²) in [5.41, 5.74) is 1.65. The molecule has 0 amide bonds. The van der Waals surface area contributed by atoms with Gasteiger partial charge in [0.25, 0.3) is 0 Å². The molecule has 0 aliphatic carbocycles. The zero-order valence-corrected chi connectivity index (χ0v) is 11.0. The zero-order valence-electron chi connectivity index (χ0n) is 11.0. The summed E-state index contributed by atoms with van der Waals surface area (Å²) >= 11 is 0. The van der Waals surface area contributed by atoms with E-state index < -0.39 is 0 Å². The van der Waals surface area contributed by atoms with Gasteiger partial charge in [-0.25, -0.2) is 9.38 Å². The highest BCUT2D eigenvalue weighted by Gasteiger charge is 2.08. The van der Waals surface area contributed by atoms with Gasteiger partial charge in [0.2, 0.25) is 0 Å². The molecule has 0 spiro atoms. The Hall–Kier alpha value is -1.84. The number of hydrogen-bond acceptors (Lipinski definition) is 2. The van der Waals surface area contributed by atoms with E-state index in [2.05, 4.69) is 21.5 Å². The third kappa shape index (κ3) is 3.87. The molecule has 0 fully saturated rings. The van der Waals surface area contributed by atoms with Crippen molar-refractivity contribution in [2.75, 3.05) is 7.05 Å². The third-order valence-electron chi connectivity index (χ3n) is 2.55. The van der Waals surface area contributed by atoms with Crippen molar-refractivity contribution in [1.82, 2.24) is 4.98 Å².